The van der Waals surface area contributed by atoms with Gasteiger partial charge in [-0.1, -0.05) is 13.0 Å². The van der Waals surface area contributed by atoms with Crippen LogP contribution in [-0.2, 0) is 21.4 Å². The molecule has 6 rings (SSSR count). The Hall–Kier alpha value is -3.00. The Bertz CT molecular complexity index is 1240. The summed E-state index contributed by atoms with van der Waals surface area (Å²) in [6.07, 6.45) is 0.496. The van der Waals surface area contributed by atoms with Gasteiger partial charge >= 0.3 is 0 Å². The molecule has 3 fully saturated rings. The average Bonchev–Trinajstić information content (AvgIpc) is 3.34. The standard InChI is InChI=1S/C25H25F2N3O3/c1-24-15-9-14(31)6-4-12(15)11-25-20(24)21(25)30(3)23(25)22(24)29(2)19(33)10-18(32)28-17-7-5-13(26)8-16(17)27/h4-9,20-23,31H,10-11H2,1-3H3,(H,28,32)/t20?,21?,22-,23-,24+,25?/m0/s1. The van der Waals surface area contributed by atoms with Crippen LogP contribution < -0.4 is 5.32 Å². The molecular formula is C25H25F2N3O3. The first-order valence-electron chi connectivity index (χ1n) is 11.2. The van der Waals surface area contributed by atoms with Crippen molar-refractivity contribution in [1.82, 2.24) is 9.80 Å². The number of anilines is 1. The van der Waals surface area contributed by atoms with Crippen LogP contribution in [-0.4, -0.2) is 58.9 Å². The van der Waals surface area contributed by atoms with Gasteiger partial charge in [0.1, 0.15) is 23.8 Å². The van der Waals surface area contributed by atoms with Gasteiger partial charge in [0.25, 0.3) is 0 Å². The van der Waals surface area contributed by atoms with Crippen LogP contribution in [0.2, 0.25) is 0 Å². The molecular weight excluding hydrogens is 428 g/mol. The smallest absolute Gasteiger partial charge is 0.233 e. The number of benzene rings is 2. The van der Waals surface area contributed by atoms with Gasteiger partial charge in [-0.05, 0) is 54.8 Å². The van der Waals surface area contributed by atoms with Crippen molar-refractivity contribution in [1.29, 1.82) is 0 Å². The number of aromatic hydroxyl groups is 1. The summed E-state index contributed by atoms with van der Waals surface area (Å²) in [5.41, 5.74) is 1.97. The van der Waals surface area contributed by atoms with Crippen LogP contribution in [0.3, 0.4) is 0 Å². The van der Waals surface area contributed by atoms with E-state index >= 15 is 0 Å². The third-order valence-corrected chi connectivity index (χ3v) is 8.82. The molecule has 3 unspecified atom stereocenters. The fourth-order valence-corrected chi connectivity index (χ4v) is 7.81. The number of fused-ring (bicyclic) bond motifs is 2. The minimum absolute atomic E-state index is 0.145. The van der Waals surface area contributed by atoms with E-state index in [1.54, 1.807) is 18.0 Å². The molecule has 6 atom stereocenters. The van der Waals surface area contributed by atoms with Gasteiger partial charge in [0.2, 0.25) is 11.8 Å². The molecule has 1 aliphatic heterocycles. The number of likely N-dealkylation sites (tertiary alicyclic amines) is 1. The Balaban J connectivity index is 1.26. The summed E-state index contributed by atoms with van der Waals surface area (Å²) in [6, 6.07) is 8.92. The first-order valence-corrected chi connectivity index (χ1v) is 11.2. The van der Waals surface area contributed by atoms with Crippen LogP contribution in [0.25, 0.3) is 0 Å². The molecule has 2 aromatic rings. The lowest BCUT2D eigenvalue weighted by atomic mass is 9.69. The largest absolute Gasteiger partial charge is 0.508 e. The first kappa shape index (κ1) is 20.6. The Labute approximate surface area is 190 Å². The fourth-order valence-electron chi connectivity index (χ4n) is 7.81. The number of carbonyl (C=O) groups is 2. The third-order valence-electron chi connectivity index (χ3n) is 8.82. The lowest BCUT2D eigenvalue weighted by molar-refractivity contribution is -0.140. The van der Waals surface area contributed by atoms with Crippen molar-refractivity contribution >= 4 is 17.5 Å². The number of hydrogen-bond acceptors (Lipinski definition) is 4. The molecule has 2 N–H and O–H groups in total. The van der Waals surface area contributed by atoms with Gasteiger partial charge in [0.05, 0.1) is 11.7 Å². The maximum absolute atomic E-state index is 13.9. The number of amides is 2. The van der Waals surface area contributed by atoms with Gasteiger partial charge in [-0.25, -0.2) is 8.78 Å². The molecule has 2 amide bonds. The second-order valence-electron chi connectivity index (χ2n) is 10.2. The quantitative estimate of drug-likeness (QED) is 0.699. The number of piperidine rings is 1. The molecule has 0 aromatic heterocycles. The van der Waals surface area contributed by atoms with Gasteiger partial charge in [0.15, 0.2) is 0 Å². The van der Waals surface area contributed by atoms with E-state index in [9.17, 15) is 23.5 Å². The molecule has 4 aliphatic rings. The van der Waals surface area contributed by atoms with Gasteiger partial charge in [-0.15, -0.1) is 0 Å². The van der Waals surface area contributed by atoms with Crippen molar-refractivity contribution in [3.63, 3.8) is 0 Å². The number of likely N-dealkylation sites (N-methyl/N-ethyl adjacent to an activating group) is 2. The van der Waals surface area contributed by atoms with Crippen LogP contribution in [0.5, 0.6) is 5.75 Å². The molecule has 2 saturated carbocycles. The van der Waals surface area contributed by atoms with E-state index in [2.05, 4.69) is 24.2 Å². The number of phenolic OH excluding ortho intramolecular Hbond substituents is 1. The maximum Gasteiger partial charge on any atom is 0.233 e. The predicted molar refractivity (Wildman–Crippen MR) is 117 cm³/mol. The van der Waals surface area contributed by atoms with Crippen LogP contribution >= 0.6 is 0 Å². The Morgan fingerprint density at radius 2 is 1.97 bits per heavy atom. The summed E-state index contributed by atoms with van der Waals surface area (Å²) in [7, 11) is 3.82. The van der Waals surface area contributed by atoms with E-state index in [4.69, 9.17) is 0 Å². The normalized spacial score (nSPS) is 34.7. The summed E-state index contributed by atoms with van der Waals surface area (Å²) in [4.78, 5) is 29.7. The highest BCUT2D eigenvalue weighted by Gasteiger charge is 2.92. The number of phenols is 1. The number of rotatable bonds is 4. The molecule has 1 spiro atoms. The van der Waals surface area contributed by atoms with Crippen LogP contribution in [0.1, 0.15) is 24.5 Å². The number of halogens is 2. The lowest BCUT2D eigenvalue weighted by Crippen LogP contribution is -2.68. The molecule has 6 nitrogen and oxygen atoms in total. The number of nitrogens with zero attached hydrogens (tertiary/aromatic N) is 2. The van der Waals surface area contributed by atoms with E-state index in [1.807, 2.05) is 12.1 Å². The molecule has 172 valence electrons. The first-order chi connectivity index (χ1) is 15.6. The van der Waals surface area contributed by atoms with E-state index in [0.29, 0.717) is 18.0 Å². The molecule has 2 bridgehead atoms. The second kappa shape index (κ2) is 6.32. The summed E-state index contributed by atoms with van der Waals surface area (Å²) >= 11 is 0. The molecule has 2 aromatic carbocycles. The molecule has 1 heterocycles. The van der Waals surface area contributed by atoms with E-state index < -0.39 is 24.0 Å². The van der Waals surface area contributed by atoms with Crippen molar-refractivity contribution < 1.29 is 23.5 Å². The number of hydrogen-bond donors (Lipinski definition) is 2. The zero-order chi connectivity index (χ0) is 23.4. The zero-order valence-corrected chi connectivity index (χ0v) is 18.6. The van der Waals surface area contributed by atoms with Crippen molar-refractivity contribution in [3.05, 3.63) is 59.2 Å². The monoisotopic (exact) mass is 453 g/mol. The second-order valence-corrected chi connectivity index (χ2v) is 10.2. The minimum Gasteiger partial charge on any atom is -0.508 e. The van der Waals surface area contributed by atoms with Gasteiger partial charge < -0.3 is 15.3 Å². The van der Waals surface area contributed by atoms with Crippen LogP contribution in [0.4, 0.5) is 14.5 Å². The van der Waals surface area contributed by atoms with Crippen LogP contribution in [0.15, 0.2) is 36.4 Å². The van der Waals surface area contributed by atoms with Gasteiger partial charge in [-0.3, -0.25) is 14.5 Å². The Morgan fingerprint density at radius 3 is 2.70 bits per heavy atom. The average molecular weight is 453 g/mol. The highest BCUT2D eigenvalue weighted by Crippen LogP contribution is 2.84. The summed E-state index contributed by atoms with van der Waals surface area (Å²) < 4.78 is 27.0. The SMILES string of the molecule is CN(C(=O)CC(=O)Nc1ccc(F)cc1F)[C@H]1[C@@H]2N(C)C3C4C32Cc2ccc(O)cc2[C@]41C. The summed E-state index contributed by atoms with van der Waals surface area (Å²) in [5, 5.41) is 12.6. The van der Waals surface area contributed by atoms with Gasteiger partial charge in [0, 0.05) is 36.0 Å². The van der Waals surface area contributed by atoms with Crippen LogP contribution in [0, 0.1) is 23.0 Å². The summed E-state index contributed by atoms with van der Waals surface area (Å²) in [5.74, 6) is -2.02. The zero-order valence-electron chi connectivity index (χ0n) is 18.6. The minimum atomic E-state index is -0.890. The Kier molecular flexibility index (Phi) is 3.94. The highest BCUT2D eigenvalue weighted by atomic mass is 19.1. The van der Waals surface area contributed by atoms with Crippen molar-refractivity contribution in [2.45, 2.75) is 43.3 Å². The van der Waals surface area contributed by atoms with E-state index in [-0.39, 0.29) is 40.3 Å². The fraction of sp³-hybridized carbons (Fsp3) is 0.440. The van der Waals surface area contributed by atoms with Crippen molar-refractivity contribution in [3.8, 4) is 5.75 Å². The molecule has 33 heavy (non-hydrogen) atoms. The van der Waals surface area contributed by atoms with Crippen molar-refractivity contribution in [2.75, 3.05) is 19.4 Å². The lowest BCUT2D eigenvalue weighted by Gasteiger charge is -2.54. The molecule has 0 radical (unpaired) electrons. The summed E-state index contributed by atoms with van der Waals surface area (Å²) in [6.45, 7) is 2.18. The topological polar surface area (TPSA) is 72.9 Å². The molecule has 3 aliphatic carbocycles. The molecule has 8 heteroatoms. The van der Waals surface area contributed by atoms with E-state index in [0.717, 1.165) is 24.1 Å². The number of carbonyl (C=O) groups excluding carboxylic acids is 2. The maximum atomic E-state index is 13.9. The highest BCUT2D eigenvalue weighted by molar-refractivity contribution is 6.03. The Morgan fingerprint density at radius 1 is 1.21 bits per heavy atom. The molecule has 1 saturated heterocycles. The predicted octanol–water partition coefficient (Wildman–Crippen LogP) is 2.65. The van der Waals surface area contributed by atoms with E-state index in [1.165, 1.54) is 5.56 Å². The van der Waals surface area contributed by atoms with Gasteiger partial charge in [-0.2, -0.15) is 0 Å². The number of nitrogens with one attached hydrogen (secondary N) is 1. The third kappa shape index (κ3) is 2.39. The van der Waals surface area contributed by atoms with Crippen molar-refractivity contribution in [2.24, 2.45) is 11.3 Å².